The van der Waals surface area contributed by atoms with Crippen LogP contribution in [-0.4, -0.2) is 81.1 Å². The normalized spacial score (nSPS) is 19.6. The molecule has 2 heterocycles. The monoisotopic (exact) mass is 492 g/mol. The second-order valence-corrected chi connectivity index (χ2v) is 9.79. The summed E-state index contributed by atoms with van der Waals surface area (Å²) >= 11 is 0.981. The van der Waals surface area contributed by atoms with Crippen molar-refractivity contribution in [1.82, 2.24) is 19.9 Å². The number of carbonyl (C=O) groups excluding carboxylic acids is 2. The Balaban J connectivity index is 2.31. The molecule has 1 aliphatic rings. The number of thiazole rings is 1. The molecule has 0 spiro atoms. The Hall–Kier alpha value is -2.82. The molecule has 32 heavy (non-hydrogen) atoms. The molecule has 178 valence electrons. The van der Waals surface area contributed by atoms with Crippen LogP contribution >= 0.6 is 11.3 Å². The molecule has 6 N–H and O–H groups in total. The van der Waals surface area contributed by atoms with Crippen molar-refractivity contribution in [2.45, 2.75) is 51.4 Å². The lowest BCUT2D eigenvalue weighted by molar-refractivity contribution is -0.161. The molecule has 1 saturated heterocycles. The van der Waals surface area contributed by atoms with E-state index < -0.39 is 51.5 Å². The molecule has 0 radical (unpaired) electrons. The standard InChI is InChI=1S/C16H24N6O8S2/c1-7(2)18-5-9-11(13(24)22(9)32(27,28)29)20-12(23)10(8-6-31-15(17)19-8)21-30-16(3,4)14(25)26/h6-7,9,11,18H,5H2,1-4H3,(H2,17,19)(H,20,23)(H,25,26)(H,27,28,29)/b21-10-/t9-,11+/m1/s1. The van der Waals surface area contributed by atoms with Crippen molar-refractivity contribution in [3.63, 3.8) is 0 Å². The number of rotatable bonds is 10. The molecule has 0 aromatic carbocycles. The summed E-state index contributed by atoms with van der Waals surface area (Å²) in [5.41, 5.74) is 3.29. The SMILES string of the molecule is CC(C)NC[C@@H]1[C@H](NC(=O)/C(=N\OC(C)(C)C(=O)O)c2csc(N)n2)C(=O)N1S(=O)(=O)O. The number of carbonyl (C=O) groups is 3. The molecule has 2 atom stereocenters. The van der Waals surface area contributed by atoms with E-state index >= 15 is 0 Å². The molecule has 0 unspecified atom stereocenters. The number of hydrogen-bond donors (Lipinski definition) is 5. The molecule has 1 aromatic rings. The summed E-state index contributed by atoms with van der Waals surface area (Å²) in [6.45, 7) is 5.93. The lowest BCUT2D eigenvalue weighted by atomic mass is 9.98. The van der Waals surface area contributed by atoms with Crippen LogP contribution in [0.1, 0.15) is 33.4 Å². The molecule has 1 fully saturated rings. The van der Waals surface area contributed by atoms with E-state index in [1.165, 1.54) is 19.2 Å². The molecular formula is C16H24N6O8S2. The molecule has 0 aliphatic carbocycles. The number of aromatic nitrogens is 1. The first kappa shape index (κ1) is 25.4. The van der Waals surface area contributed by atoms with Gasteiger partial charge in [-0.05, 0) is 13.8 Å². The second-order valence-electron chi connectivity index (χ2n) is 7.61. The van der Waals surface area contributed by atoms with E-state index in [0.717, 1.165) is 11.3 Å². The molecule has 1 aromatic heterocycles. The van der Waals surface area contributed by atoms with Crippen molar-refractivity contribution in [3.05, 3.63) is 11.1 Å². The Labute approximate surface area is 187 Å². The van der Waals surface area contributed by atoms with Crippen LogP contribution in [0.4, 0.5) is 5.13 Å². The van der Waals surface area contributed by atoms with Crippen LogP contribution in [0.2, 0.25) is 0 Å². The topological polar surface area (TPSA) is 214 Å². The number of carboxylic acids is 1. The third-order valence-electron chi connectivity index (χ3n) is 4.30. The van der Waals surface area contributed by atoms with Crippen LogP contribution in [-0.2, 0) is 29.5 Å². The van der Waals surface area contributed by atoms with E-state index in [1.807, 2.05) is 0 Å². The Morgan fingerprint density at radius 2 is 2.06 bits per heavy atom. The third kappa shape index (κ3) is 5.70. The average molecular weight is 493 g/mol. The smallest absolute Gasteiger partial charge is 0.362 e. The number of nitrogens with one attached hydrogen (secondary N) is 2. The Morgan fingerprint density at radius 3 is 2.53 bits per heavy atom. The van der Waals surface area contributed by atoms with Crippen LogP contribution in [0.15, 0.2) is 10.5 Å². The maximum atomic E-state index is 12.9. The Kier molecular flexibility index (Phi) is 7.44. The molecule has 0 bridgehead atoms. The van der Waals surface area contributed by atoms with Crippen molar-refractivity contribution < 1.29 is 37.3 Å². The highest BCUT2D eigenvalue weighted by Crippen LogP contribution is 2.24. The maximum absolute atomic E-state index is 12.9. The molecule has 2 rings (SSSR count). The summed E-state index contributed by atoms with van der Waals surface area (Å²) in [7, 11) is -4.84. The number of anilines is 1. The van der Waals surface area contributed by atoms with Crippen LogP contribution in [0.3, 0.4) is 0 Å². The highest BCUT2D eigenvalue weighted by atomic mass is 32.2. The maximum Gasteiger partial charge on any atom is 0.362 e. The van der Waals surface area contributed by atoms with Crippen LogP contribution in [0.25, 0.3) is 0 Å². The van der Waals surface area contributed by atoms with E-state index in [1.54, 1.807) is 13.8 Å². The number of hydrogen-bond acceptors (Lipinski definition) is 11. The molecule has 2 amide bonds. The lowest BCUT2D eigenvalue weighted by Crippen LogP contribution is -2.74. The fourth-order valence-electron chi connectivity index (χ4n) is 2.53. The summed E-state index contributed by atoms with van der Waals surface area (Å²) in [5.74, 6) is -3.39. The number of nitrogens with zero attached hydrogens (tertiary/aromatic N) is 3. The number of aliphatic carboxylic acids is 1. The first-order valence-corrected chi connectivity index (χ1v) is 11.5. The summed E-state index contributed by atoms with van der Waals surface area (Å²) < 4.78 is 32.7. The summed E-state index contributed by atoms with van der Waals surface area (Å²) in [6.07, 6.45) is 0. The van der Waals surface area contributed by atoms with E-state index in [2.05, 4.69) is 20.8 Å². The van der Waals surface area contributed by atoms with Gasteiger partial charge in [0.1, 0.15) is 11.7 Å². The predicted octanol–water partition coefficient (Wildman–Crippen LogP) is -1.19. The average Bonchev–Trinajstić information content (AvgIpc) is 3.07. The van der Waals surface area contributed by atoms with Gasteiger partial charge in [-0.2, -0.15) is 8.42 Å². The van der Waals surface area contributed by atoms with Gasteiger partial charge in [0.15, 0.2) is 10.8 Å². The van der Waals surface area contributed by atoms with E-state index in [0.29, 0.717) is 0 Å². The zero-order valence-electron chi connectivity index (χ0n) is 17.6. The summed E-state index contributed by atoms with van der Waals surface area (Å²) in [5, 5.41) is 19.5. The third-order valence-corrected chi connectivity index (χ3v) is 5.92. The van der Waals surface area contributed by atoms with Gasteiger partial charge in [0.2, 0.25) is 5.60 Å². The van der Waals surface area contributed by atoms with Crippen molar-refractivity contribution in [3.8, 4) is 0 Å². The van der Waals surface area contributed by atoms with Crippen molar-refractivity contribution in [2.24, 2.45) is 5.16 Å². The second kappa shape index (κ2) is 9.35. The quantitative estimate of drug-likeness (QED) is 0.113. The van der Waals surface area contributed by atoms with Gasteiger partial charge in [-0.3, -0.25) is 14.1 Å². The van der Waals surface area contributed by atoms with Gasteiger partial charge in [0, 0.05) is 18.0 Å². The number of β-lactam (4-membered cyclic amide) rings is 1. The minimum absolute atomic E-state index is 0.0403. The highest BCUT2D eigenvalue weighted by Gasteiger charge is 2.54. The van der Waals surface area contributed by atoms with Crippen LogP contribution < -0.4 is 16.4 Å². The zero-order valence-corrected chi connectivity index (χ0v) is 19.2. The largest absolute Gasteiger partial charge is 0.478 e. The van der Waals surface area contributed by atoms with Gasteiger partial charge < -0.3 is 26.3 Å². The predicted molar refractivity (Wildman–Crippen MR) is 113 cm³/mol. The van der Waals surface area contributed by atoms with Gasteiger partial charge in [-0.25, -0.2) is 14.1 Å². The molecule has 16 heteroatoms. The van der Waals surface area contributed by atoms with E-state index in [-0.39, 0.29) is 27.7 Å². The van der Waals surface area contributed by atoms with Crippen molar-refractivity contribution in [2.75, 3.05) is 12.3 Å². The Bertz CT molecular complexity index is 1040. The zero-order chi connectivity index (χ0) is 24.4. The fraction of sp³-hybridized carbons (Fsp3) is 0.562. The van der Waals surface area contributed by atoms with Crippen molar-refractivity contribution >= 4 is 50.3 Å². The number of nitrogen functional groups attached to an aromatic ring is 1. The summed E-state index contributed by atoms with van der Waals surface area (Å²) in [6, 6.07) is -2.50. The van der Waals surface area contributed by atoms with Gasteiger partial charge in [-0.15, -0.1) is 11.3 Å². The molecule has 1 aliphatic heterocycles. The number of carboxylic acid groups (broad SMARTS) is 1. The molecule has 0 saturated carbocycles. The first-order valence-electron chi connectivity index (χ1n) is 9.21. The Morgan fingerprint density at radius 1 is 1.44 bits per heavy atom. The minimum atomic E-state index is -4.84. The van der Waals surface area contributed by atoms with Gasteiger partial charge in [0.05, 0.1) is 6.04 Å². The van der Waals surface area contributed by atoms with Crippen LogP contribution in [0.5, 0.6) is 0 Å². The summed E-state index contributed by atoms with van der Waals surface area (Å²) in [4.78, 5) is 45.4. The first-order chi connectivity index (χ1) is 14.6. The van der Waals surface area contributed by atoms with Crippen LogP contribution in [0, 0.1) is 0 Å². The number of nitrogens with two attached hydrogens (primary N) is 1. The van der Waals surface area contributed by atoms with Crippen molar-refractivity contribution in [1.29, 1.82) is 0 Å². The highest BCUT2D eigenvalue weighted by molar-refractivity contribution is 7.84. The number of oxime groups is 1. The van der Waals surface area contributed by atoms with Gasteiger partial charge >= 0.3 is 16.3 Å². The van der Waals surface area contributed by atoms with Gasteiger partial charge in [0.25, 0.3) is 11.8 Å². The lowest BCUT2D eigenvalue weighted by Gasteiger charge is -2.44. The molecule has 14 nitrogen and oxygen atoms in total. The van der Waals surface area contributed by atoms with E-state index in [9.17, 15) is 32.5 Å². The molecular weight excluding hydrogens is 468 g/mol. The number of amides is 2. The fourth-order valence-corrected chi connectivity index (χ4v) is 3.95. The minimum Gasteiger partial charge on any atom is -0.478 e. The van der Waals surface area contributed by atoms with Gasteiger partial charge in [-0.1, -0.05) is 19.0 Å². The van der Waals surface area contributed by atoms with E-state index in [4.69, 9.17) is 10.6 Å².